The molecule has 0 atom stereocenters. The molecule has 18 heavy (non-hydrogen) atoms. The van der Waals surface area contributed by atoms with Gasteiger partial charge in [0.2, 0.25) is 0 Å². The van der Waals surface area contributed by atoms with E-state index in [1.54, 1.807) is 0 Å². The van der Waals surface area contributed by atoms with Gasteiger partial charge in [-0.05, 0) is 42.7 Å². The molecule has 2 aromatic carbocycles. The second kappa shape index (κ2) is 4.51. The van der Waals surface area contributed by atoms with Crippen molar-refractivity contribution in [3.8, 4) is 0 Å². The van der Waals surface area contributed by atoms with Crippen molar-refractivity contribution in [3.63, 3.8) is 0 Å². The average Bonchev–Trinajstić information content (AvgIpc) is 2.69. The maximum atomic E-state index is 5.91. The van der Waals surface area contributed by atoms with Crippen LogP contribution in [0, 0.1) is 6.92 Å². The van der Waals surface area contributed by atoms with Crippen LogP contribution in [0.15, 0.2) is 48.5 Å². The molecule has 3 rings (SSSR count). The van der Waals surface area contributed by atoms with Crippen molar-refractivity contribution >= 4 is 22.5 Å². The molecule has 1 aromatic heterocycles. The quantitative estimate of drug-likeness (QED) is 0.682. The number of hydrogen-bond donors (Lipinski definition) is 1. The van der Waals surface area contributed by atoms with Crippen LogP contribution >= 0.6 is 11.6 Å². The molecule has 0 aliphatic carbocycles. The number of aryl methyl sites for hydroxylation is 1. The lowest BCUT2D eigenvalue weighted by Gasteiger charge is -2.02. The zero-order valence-corrected chi connectivity index (χ0v) is 11.0. The molecule has 0 saturated heterocycles. The fraction of sp³-hybridized carbons (Fsp3) is 0.125. The first-order chi connectivity index (χ1) is 8.74. The zero-order valence-electron chi connectivity index (χ0n) is 10.2. The summed E-state index contributed by atoms with van der Waals surface area (Å²) in [5.74, 6) is 0. The van der Waals surface area contributed by atoms with Crippen LogP contribution < -0.4 is 0 Å². The summed E-state index contributed by atoms with van der Waals surface area (Å²) in [7, 11) is 0. The molecule has 0 amide bonds. The maximum absolute atomic E-state index is 5.91. The van der Waals surface area contributed by atoms with Crippen molar-refractivity contribution in [2.45, 2.75) is 13.3 Å². The highest BCUT2D eigenvalue weighted by Crippen LogP contribution is 2.24. The lowest BCUT2D eigenvalue weighted by atomic mass is 10.0. The number of nitrogens with one attached hydrogen (secondary N) is 1. The van der Waals surface area contributed by atoms with Crippen LogP contribution in [0.4, 0.5) is 0 Å². The van der Waals surface area contributed by atoms with Crippen molar-refractivity contribution in [1.29, 1.82) is 0 Å². The van der Waals surface area contributed by atoms with E-state index in [1.807, 2.05) is 12.1 Å². The van der Waals surface area contributed by atoms with E-state index in [1.165, 1.54) is 27.7 Å². The molecule has 0 radical (unpaired) electrons. The Balaban J connectivity index is 2.04. The first kappa shape index (κ1) is 11.4. The smallest absolute Gasteiger partial charge is 0.0458 e. The Labute approximate surface area is 111 Å². The third-order valence-electron chi connectivity index (χ3n) is 3.32. The molecule has 0 bridgehead atoms. The Morgan fingerprint density at radius 1 is 1.00 bits per heavy atom. The summed E-state index contributed by atoms with van der Waals surface area (Å²) in [6.45, 7) is 2.13. The Morgan fingerprint density at radius 2 is 1.72 bits per heavy atom. The minimum Gasteiger partial charge on any atom is -0.358 e. The minimum absolute atomic E-state index is 0.786. The van der Waals surface area contributed by atoms with Gasteiger partial charge in [0.15, 0.2) is 0 Å². The number of para-hydroxylation sites is 1. The van der Waals surface area contributed by atoms with Gasteiger partial charge in [0.25, 0.3) is 0 Å². The maximum Gasteiger partial charge on any atom is 0.0458 e. The molecule has 3 aromatic rings. The number of rotatable bonds is 2. The van der Waals surface area contributed by atoms with Crippen molar-refractivity contribution in [3.05, 3.63) is 70.4 Å². The van der Waals surface area contributed by atoms with Crippen LogP contribution in [0.1, 0.15) is 16.8 Å². The third-order valence-corrected chi connectivity index (χ3v) is 3.57. The first-order valence-electron chi connectivity index (χ1n) is 6.04. The molecule has 0 saturated carbocycles. The fourth-order valence-corrected chi connectivity index (χ4v) is 2.49. The van der Waals surface area contributed by atoms with E-state index >= 15 is 0 Å². The highest BCUT2D eigenvalue weighted by molar-refractivity contribution is 6.30. The molecule has 0 unspecified atom stereocenters. The summed E-state index contributed by atoms with van der Waals surface area (Å²) in [6.07, 6.45) is 0.938. The third kappa shape index (κ3) is 2.02. The lowest BCUT2D eigenvalue weighted by Crippen LogP contribution is -1.89. The SMILES string of the molecule is Cc1[nH]c2ccccc2c1Cc1ccc(Cl)cc1. The van der Waals surface area contributed by atoms with Gasteiger partial charge in [0.1, 0.15) is 0 Å². The Morgan fingerprint density at radius 3 is 2.50 bits per heavy atom. The van der Waals surface area contributed by atoms with Crippen LogP contribution in [0.2, 0.25) is 5.02 Å². The summed E-state index contributed by atoms with van der Waals surface area (Å²) in [5.41, 5.74) is 5.10. The van der Waals surface area contributed by atoms with E-state index in [4.69, 9.17) is 11.6 Å². The summed E-state index contributed by atoms with van der Waals surface area (Å²) >= 11 is 5.91. The highest BCUT2D eigenvalue weighted by atomic mass is 35.5. The number of H-pyrrole nitrogens is 1. The molecule has 1 heterocycles. The van der Waals surface area contributed by atoms with E-state index < -0.39 is 0 Å². The Hall–Kier alpha value is -1.73. The van der Waals surface area contributed by atoms with Crippen LogP contribution in [0.3, 0.4) is 0 Å². The second-order valence-electron chi connectivity index (χ2n) is 4.58. The number of aromatic amines is 1. The van der Waals surface area contributed by atoms with Crippen LogP contribution in [0.25, 0.3) is 10.9 Å². The number of hydrogen-bond acceptors (Lipinski definition) is 0. The second-order valence-corrected chi connectivity index (χ2v) is 5.01. The van der Waals surface area contributed by atoms with E-state index in [-0.39, 0.29) is 0 Å². The van der Waals surface area contributed by atoms with Gasteiger partial charge in [-0.3, -0.25) is 0 Å². The van der Waals surface area contributed by atoms with Gasteiger partial charge >= 0.3 is 0 Å². The molecule has 90 valence electrons. The summed E-state index contributed by atoms with van der Waals surface area (Å²) in [6, 6.07) is 16.5. The van der Waals surface area contributed by atoms with Crippen LogP contribution in [-0.2, 0) is 6.42 Å². The summed E-state index contributed by atoms with van der Waals surface area (Å²) < 4.78 is 0. The molecule has 0 spiro atoms. The van der Waals surface area contributed by atoms with Gasteiger partial charge in [-0.2, -0.15) is 0 Å². The standard InChI is InChI=1S/C16H14ClN/c1-11-15(10-12-6-8-13(17)9-7-12)14-4-2-3-5-16(14)18-11/h2-9,18H,10H2,1H3. The average molecular weight is 256 g/mol. The number of fused-ring (bicyclic) bond motifs is 1. The summed E-state index contributed by atoms with van der Waals surface area (Å²) in [5, 5.41) is 2.10. The van der Waals surface area contributed by atoms with Crippen molar-refractivity contribution < 1.29 is 0 Å². The summed E-state index contributed by atoms with van der Waals surface area (Å²) in [4.78, 5) is 3.43. The molecule has 0 aliphatic rings. The van der Waals surface area contributed by atoms with Gasteiger partial charge < -0.3 is 4.98 Å². The molecule has 0 fully saturated rings. The predicted molar refractivity (Wildman–Crippen MR) is 77.3 cm³/mol. The van der Waals surface area contributed by atoms with Gasteiger partial charge in [-0.15, -0.1) is 0 Å². The van der Waals surface area contributed by atoms with Crippen LogP contribution in [0.5, 0.6) is 0 Å². The molecular weight excluding hydrogens is 242 g/mol. The molecule has 1 N–H and O–H groups in total. The highest BCUT2D eigenvalue weighted by Gasteiger charge is 2.08. The van der Waals surface area contributed by atoms with E-state index in [0.29, 0.717) is 0 Å². The molecule has 0 aliphatic heterocycles. The number of aromatic nitrogens is 1. The van der Waals surface area contributed by atoms with Crippen molar-refractivity contribution in [1.82, 2.24) is 4.98 Å². The van der Waals surface area contributed by atoms with E-state index in [2.05, 4.69) is 48.3 Å². The van der Waals surface area contributed by atoms with Crippen molar-refractivity contribution in [2.75, 3.05) is 0 Å². The first-order valence-corrected chi connectivity index (χ1v) is 6.42. The molecule has 1 nitrogen and oxygen atoms in total. The normalized spacial score (nSPS) is 11.0. The van der Waals surface area contributed by atoms with Crippen molar-refractivity contribution in [2.24, 2.45) is 0 Å². The zero-order chi connectivity index (χ0) is 12.5. The fourth-order valence-electron chi connectivity index (χ4n) is 2.37. The molecular formula is C16H14ClN. The van der Waals surface area contributed by atoms with Gasteiger partial charge in [-0.1, -0.05) is 41.9 Å². The van der Waals surface area contributed by atoms with Gasteiger partial charge in [0.05, 0.1) is 0 Å². The minimum atomic E-state index is 0.786. The monoisotopic (exact) mass is 255 g/mol. The predicted octanol–water partition coefficient (Wildman–Crippen LogP) is 4.72. The Bertz CT molecular complexity index is 680. The van der Waals surface area contributed by atoms with Crippen LogP contribution in [-0.4, -0.2) is 4.98 Å². The molecule has 2 heteroatoms. The topological polar surface area (TPSA) is 15.8 Å². The van der Waals surface area contributed by atoms with E-state index in [0.717, 1.165) is 11.4 Å². The van der Waals surface area contributed by atoms with Gasteiger partial charge in [-0.25, -0.2) is 0 Å². The van der Waals surface area contributed by atoms with E-state index in [9.17, 15) is 0 Å². The number of benzene rings is 2. The van der Waals surface area contributed by atoms with Gasteiger partial charge in [0, 0.05) is 21.6 Å². The Kier molecular flexibility index (Phi) is 2.85. The lowest BCUT2D eigenvalue weighted by molar-refractivity contribution is 1.15. The largest absolute Gasteiger partial charge is 0.358 e. The number of halogens is 1.